The van der Waals surface area contributed by atoms with Crippen LogP contribution in [-0.2, 0) is 22.3 Å². The van der Waals surface area contributed by atoms with Crippen molar-refractivity contribution in [3.05, 3.63) is 124 Å². The zero-order valence-corrected chi connectivity index (χ0v) is 23.8. The second-order valence-electron chi connectivity index (χ2n) is 9.07. The number of halogens is 1. The standard InChI is InChI=1S/C30H29ClN2O3S2/c1-21-7-6-8-22(2)29(21)33(38(3,35)36)19-23-11-15-25(16-12-23)30(34)32-27-9-4-5-10-28(27)37-20-24-13-17-26(31)18-14-24/h4-18H,19-20H2,1-3H3,(H,32,34). The Labute approximate surface area is 233 Å². The number of carbonyl (C=O) groups excluding carboxylic acids is 1. The molecule has 5 nitrogen and oxygen atoms in total. The summed E-state index contributed by atoms with van der Waals surface area (Å²) < 4.78 is 26.7. The fraction of sp³-hybridized carbons (Fsp3) is 0.167. The van der Waals surface area contributed by atoms with Crippen molar-refractivity contribution in [3.63, 3.8) is 0 Å². The highest BCUT2D eigenvalue weighted by Gasteiger charge is 2.21. The smallest absolute Gasteiger partial charge is 0.255 e. The van der Waals surface area contributed by atoms with Crippen LogP contribution in [0, 0.1) is 13.8 Å². The molecule has 0 aliphatic carbocycles. The number of nitrogens with one attached hydrogen (secondary N) is 1. The minimum absolute atomic E-state index is 0.177. The van der Waals surface area contributed by atoms with Crippen LogP contribution in [0.15, 0.2) is 95.9 Å². The Morgan fingerprint density at radius 3 is 2.08 bits per heavy atom. The normalized spacial score (nSPS) is 11.3. The zero-order valence-electron chi connectivity index (χ0n) is 21.4. The summed E-state index contributed by atoms with van der Waals surface area (Å²) in [5, 5.41) is 3.71. The highest BCUT2D eigenvalue weighted by molar-refractivity contribution is 7.98. The minimum Gasteiger partial charge on any atom is -0.321 e. The van der Waals surface area contributed by atoms with Crippen molar-refractivity contribution in [2.45, 2.75) is 31.0 Å². The summed E-state index contributed by atoms with van der Waals surface area (Å²) >= 11 is 7.62. The lowest BCUT2D eigenvalue weighted by Gasteiger charge is -2.26. The SMILES string of the molecule is Cc1cccc(C)c1N(Cc1ccc(C(=O)Nc2ccccc2SCc2ccc(Cl)cc2)cc1)S(C)(=O)=O. The molecule has 0 aromatic heterocycles. The largest absolute Gasteiger partial charge is 0.321 e. The third kappa shape index (κ3) is 6.98. The fourth-order valence-corrected chi connectivity index (χ4v) is 6.21. The topological polar surface area (TPSA) is 66.5 Å². The van der Waals surface area contributed by atoms with E-state index in [0.29, 0.717) is 16.3 Å². The van der Waals surface area contributed by atoms with Crippen LogP contribution < -0.4 is 9.62 Å². The maximum atomic E-state index is 13.0. The van der Waals surface area contributed by atoms with Gasteiger partial charge >= 0.3 is 0 Å². The molecule has 4 aromatic rings. The second-order valence-corrected chi connectivity index (χ2v) is 12.4. The molecule has 4 aromatic carbocycles. The Bertz CT molecular complexity index is 1520. The van der Waals surface area contributed by atoms with Crippen molar-refractivity contribution in [2.24, 2.45) is 0 Å². The number of sulfonamides is 1. The third-order valence-corrected chi connectivity index (χ3v) is 8.58. The predicted molar refractivity (Wildman–Crippen MR) is 159 cm³/mol. The monoisotopic (exact) mass is 564 g/mol. The molecule has 8 heteroatoms. The number of carbonyl (C=O) groups is 1. The predicted octanol–water partition coefficient (Wildman–Crippen LogP) is 7.47. The van der Waals surface area contributed by atoms with Gasteiger partial charge in [0.25, 0.3) is 5.91 Å². The van der Waals surface area contributed by atoms with Gasteiger partial charge in [-0.25, -0.2) is 8.42 Å². The minimum atomic E-state index is -3.52. The number of amides is 1. The highest BCUT2D eigenvalue weighted by atomic mass is 35.5. The van der Waals surface area contributed by atoms with E-state index in [1.807, 2.05) is 80.6 Å². The van der Waals surface area contributed by atoms with Gasteiger partial charge in [0.2, 0.25) is 10.0 Å². The molecule has 0 atom stereocenters. The van der Waals surface area contributed by atoms with Crippen LogP contribution >= 0.6 is 23.4 Å². The Hall–Kier alpha value is -3.26. The summed E-state index contributed by atoms with van der Waals surface area (Å²) in [5.74, 6) is 0.515. The van der Waals surface area contributed by atoms with Gasteiger partial charge in [0.1, 0.15) is 0 Å². The lowest BCUT2D eigenvalue weighted by Crippen LogP contribution is -2.30. The van der Waals surface area contributed by atoms with Crippen LogP contribution in [0.3, 0.4) is 0 Å². The summed E-state index contributed by atoms with van der Waals surface area (Å²) in [5.41, 5.74) is 5.61. The van der Waals surface area contributed by atoms with Crippen molar-refractivity contribution in [1.29, 1.82) is 0 Å². The summed E-state index contributed by atoms with van der Waals surface area (Å²) in [7, 11) is -3.52. The quantitative estimate of drug-likeness (QED) is 0.214. The Morgan fingerprint density at radius 2 is 1.45 bits per heavy atom. The van der Waals surface area contributed by atoms with E-state index in [-0.39, 0.29) is 12.5 Å². The van der Waals surface area contributed by atoms with Gasteiger partial charge in [0.15, 0.2) is 0 Å². The molecule has 0 spiro atoms. The van der Waals surface area contributed by atoms with Crippen molar-refractivity contribution in [2.75, 3.05) is 15.9 Å². The first-order valence-corrected chi connectivity index (χ1v) is 15.2. The van der Waals surface area contributed by atoms with Crippen LogP contribution in [0.5, 0.6) is 0 Å². The number of rotatable bonds is 9. The van der Waals surface area contributed by atoms with E-state index in [0.717, 1.165) is 38.6 Å². The van der Waals surface area contributed by atoms with Gasteiger partial charge < -0.3 is 5.32 Å². The molecule has 38 heavy (non-hydrogen) atoms. The van der Waals surface area contributed by atoms with Crippen molar-refractivity contribution >= 4 is 50.7 Å². The molecule has 1 amide bonds. The van der Waals surface area contributed by atoms with Crippen LogP contribution in [0.25, 0.3) is 0 Å². The van der Waals surface area contributed by atoms with Crippen molar-refractivity contribution in [3.8, 4) is 0 Å². The average molecular weight is 565 g/mol. The van der Waals surface area contributed by atoms with Crippen LogP contribution in [0.1, 0.15) is 32.6 Å². The Kier molecular flexibility index (Phi) is 8.82. The number of aryl methyl sites for hydroxylation is 2. The average Bonchev–Trinajstić information content (AvgIpc) is 2.88. The van der Waals surface area contributed by atoms with Crippen LogP contribution in [0.2, 0.25) is 5.02 Å². The molecular formula is C30H29ClN2O3S2. The molecule has 196 valence electrons. The molecule has 0 unspecified atom stereocenters. The first-order chi connectivity index (χ1) is 18.1. The molecule has 0 saturated heterocycles. The molecular weight excluding hydrogens is 536 g/mol. The molecule has 4 rings (SSSR count). The zero-order chi connectivity index (χ0) is 27.3. The van der Waals surface area contributed by atoms with Gasteiger partial charge in [0.05, 0.1) is 24.2 Å². The van der Waals surface area contributed by atoms with E-state index in [4.69, 9.17) is 11.6 Å². The summed E-state index contributed by atoms with van der Waals surface area (Å²) in [6.45, 7) is 3.98. The maximum absolute atomic E-state index is 13.0. The molecule has 0 aliphatic heterocycles. The van der Waals surface area contributed by atoms with Gasteiger partial charge in [-0.1, -0.05) is 66.2 Å². The number of hydrogen-bond donors (Lipinski definition) is 1. The molecule has 1 N–H and O–H groups in total. The molecule has 0 radical (unpaired) electrons. The van der Waals surface area contributed by atoms with Crippen LogP contribution in [-0.4, -0.2) is 20.6 Å². The van der Waals surface area contributed by atoms with Crippen molar-refractivity contribution < 1.29 is 13.2 Å². The summed E-state index contributed by atoms with van der Waals surface area (Å²) in [4.78, 5) is 14.0. The van der Waals surface area contributed by atoms with Gasteiger partial charge in [-0.05, 0) is 72.5 Å². The van der Waals surface area contributed by atoms with E-state index < -0.39 is 10.0 Å². The van der Waals surface area contributed by atoms with Gasteiger partial charge in [-0.15, -0.1) is 11.8 Å². The number of hydrogen-bond acceptors (Lipinski definition) is 4. The molecule has 0 aliphatic rings. The van der Waals surface area contributed by atoms with E-state index in [9.17, 15) is 13.2 Å². The molecule has 0 saturated carbocycles. The van der Waals surface area contributed by atoms with Crippen molar-refractivity contribution in [1.82, 2.24) is 0 Å². The van der Waals surface area contributed by atoms with Gasteiger partial charge in [0, 0.05) is 21.2 Å². The summed E-state index contributed by atoms with van der Waals surface area (Å²) in [6.07, 6.45) is 1.21. The summed E-state index contributed by atoms with van der Waals surface area (Å²) in [6, 6.07) is 28.2. The van der Waals surface area contributed by atoms with E-state index >= 15 is 0 Å². The first kappa shape index (κ1) is 27.8. The first-order valence-electron chi connectivity index (χ1n) is 12.0. The Morgan fingerprint density at radius 1 is 0.842 bits per heavy atom. The van der Waals surface area contributed by atoms with E-state index in [1.165, 1.54) is 10.6 Å². The number of anilines is 2. The Balaban J connectivity index is 1.47. The number of nitrogens with zero attached hydrogens (tertiary/aromatic N) is 1. The van der Waals surface area contributed by atoms with Gasteiger partial charge in [-0.3, -0.25) is 9.10 Å². The second kappa shape index (κ2) is 12.1. The molecule has 0 bridgehead atoms. The molecule has 0 fully saturated rings. The number of benzene rings is 4. The maximum Gasteiger partial charge on any atom is 0.255 e. The number of thioether (sulfide) groups is 1. The lowest BCUT2D eigenvalue weighted by molar-refractivity contribution is 0.102. The van der Waals surface area contributed by atoms with Crippen LogP contribution in [0.4, 0.5) is 11.4 Å². The molecule has 0 heterocycles. The lowest BCUT2D eigenvalue weighted by atomic mass is 10.1. The number of para-hydroxylation sites is 2. The third-order valence-electron chi connectivity index (χ3n) is 6.07. The van der Waals surface area contributed by atoms with Gasteiger partial charge in [-0.2, -0.15) is 0 Å². The fourth-order valence-electron chi connectivity index (χ4n) is 4.12. The highest BCUT2D eigenvalue weighted by Crippen LogP contribution is 2.31. The van der Waals surface area contributed by atoms with E-state index in [2.05, 4.69) is 5.32 Å². The van der Waals surface area contributed by atoms with E-state index in [1.54, 1.807) is 36.0 Å².